The Morgan fingerprint density at radius 2 is 2.00 bits per heavy atom. The van der Waals surface area contributed by atoms with Gasteiger partial charge in [0.15, 0.2) is 0 Å². The Morgan fingerprint density at radius 1 is 1.43 bits per heavy atom. The molecule has 0 spiro atoms. The van der Waals surface area contributed by atoms with Crippen molar-refractivity contribution in [2.45, 2.75) is 39.7 Å². The molecule has 80 valence electrons. The lowest BCUT2D eigenvalue weighted by atomic mass is 9.94. The zero-order chi connectivity index (χ0) is 10.7. The van der Waals surface area contributed by atoms with Gasteiger partial charge in [0, 0.05) is 7.05 Å². The van der Waals surface area contributed by atoms with Crippen molar-refractivity contribution in [3.05, 3.63) is 17.5 Å². The molecule has 1 heterocycles. The summed E-state index contributed by atoms with van der Waals surface area (Å²) in [6.45, 7) is 6.17. The van der Waals surface area contributed by atoms with Gasteiger partial charge in [0.1, 0.15) is 0 Å². The molecule has 0 saturated heterocycles. The third-order valence-electron chi connectivity index (χ3n) is 2.84. The van der Waals surface area contributed by atoms with Crippen molar-refractivity contribution in [2.75, 3.05) is 0 Å². The van der Waals surface area contributed by atoms with Gasteiger partial charge in [-0.1, -0.05) is 26.7 Å². The number of aromatic nitrogens is 2. The van der Waals surface area contributed by atoms with Gasteiger partial charge in [0.2, 0.25) is 0 Å². The highest BCUT2D eigenvalue weighted by molar-refractivity contribution is 5.12. The summed E-state index contributed by atoms with van der Waals surface area (Å²) in [6, 6.07) is 1.96. The predicted molar refractivity (Wildman–Crippen MR) is 57.0 cm³/mol. The van der Waals surface area contributed by atoms with Gasteiger partial charge in [-0.25, -0.2) is 0 Å². The zero-order valence-electron chi connectivity index (χ0n) is 9.49. The van der Waals surface area contributed by atoms with E-state index in [1.165, 1.54) is 0 Å². The van der Waals surface area contributed by atoms with Crippen LogP contribution in [0.4, 0.5) is 0 Å². The highest BCUT2D eigenvalue weighted by atomic mass is 16.3. The van der Waals surface area contributed by atoms with Crippen molar-refractivity contribution >= 4 is 0 Å². The lowest BCUT2D eigenvalue weighted by molar-refractivity contribution is 0.0953. The van der Waals surface area contributed by atoms with Crippen LogP contribution < -0.4 is 0 Å². The van der Waals surface area contributed by atoms with Crippen molar-refractivity contribution in [3.63, 3.8) is 0 Å². The molecule has 0 saturated carbocycles. The smallest absolute Gasteiger partial charge is 0.0984 e. The number of nitrogens with zero attached hydrogens (tertiary/aromatic N) is 2. The Balaban J connectivity index is 2.87. The monoisotopic (exact) mass is 196 g/mol. The molecule has 1 atom stereocenters. The molecule has 1 aromatic rings. The van der Waals surface area contributed by atoms with Gasteiger partial charge < -0.3 is 5.11 Å². The van der Waals surface area contributed by atoms with Gasteiger partial charge >= 0.3 is 0 Å². The van der Waals surface area contributed by atoms with E-state index in [9.17, 15) is 5.11 Å². The summed E-state index contributed by atoms with van der Waals surface area (Å²) in [5, 5.41) is 14.4. The summed E-state index contributed by atoms with van der Waals surface area (Å²) in [7, 11) is 1.88. The number of aliphatic hydroxyl groups is 1. The third kappa shape index (κ3) is 2.15. The van der Waals surface area contributed by atoms with Crippen molar-refractivity contribution in [1.82, 2.24) is 9.78 Å². The van der Waals surface area contributed by atoms with E-state index in [0.29, 0.717) is 5.92 Å². The van der Waals surface area contributed by atoms with Crippen LogP contribution in [0.25, 0.3) is 0 Å². The van der Waals surface area contributed by atoms with Crippen molar-refractivity contribution in [1.29, 1.82) is 0 Å². The molecule has 14 heavy (non-hydrogen) atoms. The first kappa shape index (κ1) is 11.2. The maximum atomic E-state index is 10.1. The minimum atomic E-state index is -0.379. The van der Waals surface area contributed by atoms with Crippen LogP contribution in [0.1, 0.15) is 44.2 Å². The largest absolute Gasteiger partial charge is 0.387 e. The second kappa shape index (κ2) is 4.60. The minimum Gasteiger partial charge on any atom is -0.387 e. The molecule has 0 fully saturated rings. The maximum Gasteiger partial charge on any atom is 0.0984 e. The molecular formula is C11H20N2O. The molecule has 0 bridgehead atoms. The average Bonchev–Trinajstić information content (AvgIpc) is 2.47. The zero-order valence-corrected chi connectivity index (χ0v) is 9.49. The first-order valence-corrected chi connectivity index (χ1v) is 5.28. The molecule has 0 aliphatic carbocycles. The molecule has 1 unspecified atom stereocenters. The van der Waals surface area contributed by atoms with Crippen LogP contribution in [0.3, 0.4) is 0 Å². The Bertz CT molecular complexity index is 289. The lowest BCUT2D eigenvalue weighted by Gasteiger charge is -2.19. The van der Waals surface area contributed by atoms with E-state index < -0.39 is 0 Å². The molecule has 3 nitrogen and oxygen atoms in total. The molecule has 0 aromatic carbocycles. The average molecular weight is 196 g/mol. The third-order valence-corrected chi connectivity index (χ3v) is 2.84. The van der Waals surface area contributed by atoms with E-state index in [4.69, 9.17) is 0 Å². The summed E-state index contributed by atoms with van der Waals surface area (Å²) >= 11 is 0. The Kier molecular flexibility index (Phi) is 3.69. The summed E-state index contributed by atoms with van der Waals surface area (Å²) in [5.74, 6) is 0.338. The molecule has 1 rings (SSSR count). The first-order chi connectivity index (χ1) is 6.60. The number of rotatable bonds is 4. The van der Waals surface area contributed by atoms with E-state index in [1.807, 2.05) is 20.0 Å². The summed E-state index contributed by atoms with van der Waals surface area (Å²) in [4.78, 5) is 0. The van der Waals surface area contributed by atoms with Crippen LogP contribution in [0.2, 0.25) is 0 Å². The van der Waals surface area contributed by atoms with Gasteiger partial charge in [0.25, 0.3) is 0 Å². The second-order valence-corrected chi connectivity index (χ2v) is 3.86. The highest BCUT2D eigenvalue weighted by Gasteiger charge is 2.20. The fraction of sp³-hybridized carbons (Fsp3) is 0.727. The fourth-order valence-corrected chi connectivity index (χ4v) is 1.88. The quantitative estimate of drug-likeness (QED) is 0.801. The Labute approximate surface area is 85.8 Å². The van der Waals surface area contributed by atoms with E-state index in [-0.39, 0.29) is 6.10 Å². The van der Waals surface area contributed by atoms with E-state index in [1.54, 1.807) is 4.68 Å². The van der Waals surface area contributed by atoms with E-state index >= 15 is 0 Å². The van der Waals surface area contributed by atoms with E-state index in [2.05, 4.69) is 18.9 Å². The van der Waals surface area contributed by atoms with Crippen LogP contribution >= 0.6 is 0 Å². The van der Waals surface area contributed by atoms with Crippen LogP contribution in [-0.2, 0) is 7.05 Å². The normalized spacial score (nSPS) is 13.6. The lowest BCUT2D eigenvalue weighted by Crippen LogP contribution is -2.14. The fourth-order valence-electron chi connectivity index (χ4n) is 1.88. The van der Waals surface area contributed by atoms with Crippen molar-refractivity contribution in [3.8, 4) is 0 Å². The van der Waals surface area contributed by atoms with Crippen molar-refractivity contribution < 1.29 is 5.11 Å². The first-order valence-electron chi connectivity index (χ1n) is 5.28. The van der Waals surface area contributed by atoms with Crippen LogP contribution in [0.5, 0.6) is 0 Å². The molecule has 3 heteroatoms. The molecule has 0 radical (unpaired) electrons. The summed E-state index contributed by atoms with van der Waals surface area (Å²) in [6.07, 6.45) is 1.63. The number of hydrogen-bond acceptors (Lipinski definition) is 2. The molecular weight excluding hydrogens is 176 g/mol. The molecule has 1 N–H and O–H groups in total. The van der Waals surface area contributed by atoms with Gasteiger partial charge in [0.05, 0.1) is 17.5 Å². The molecule has 1 aromatic heterocycles. The van der Waals surface area contributed by atoms with Crippen LogP contribution in [0, 0.1) is 12.8 Å². The highest BCUT2D eigenvalue weighted by Crippen LogP contribution is 2.26. The van der Waals surface area contributed by atoms with E-state index in [0.717, 1.165) is 24.2 Å². The van der Waals surface area contributed by atoms with Gasteiger partial charge in [-0.2, -0.15) is 5.10 Å². The maximum absolute atomic E-state index is 10.1. The van der Waals surface area contributed by atoms with Gasteiger partial charge in [-0.05, 0) is 18.9 Å². The van der Waals surface area contributed by atoms with Gasteiger partial charge in [-0.15, -0.1) is 0 Å². The molecule has 0 aliphatic heterocycles. The second-order valence-electron chi connectivity index (χ2n) is 3.86. The topological polar surface area (TPSA) is 38.1 Å². The standard InChI is InChI=1S/C11H20N2O/c1-5-9(6-2)11(14)10-7-8(3)12-13(10)4/h7,9,11,14H,5-6H2,1-4H3. The molecule has 0 amide bonds. The Hall–Kier alpha value is -0.830. The minimum absolute atomic E-state index is 0.338. The van der Waals surface area contributed by atoms with Crippen LogP contribution in [-0.4, -0.2) is 14.9 Å². The summed E-state index contributed by atoms with van der Waals surface area (Å²) in [5.41, 5.74) is 1.89. The Morgan fingerprint density at radius 3 is 2.36 bits per heavy atom. The summed E-state index contributed by atoms with van der Waals surface area (Å²) < 4.78 is 1.78. The van der Waals surface area contributed by atoms with Gasteiger partial charge in [-0.3, -0.25) is 4.68 Å². The number of aryl methyl sites for hydroxylation is 2. The number of hydrogen-bond donors (Lipinski definition) is 1. The SMILES string of the molecule is CCC(CC)C(O)c1cc(C)nn1C. The van der Waals surface area contributed by atoms with Crippen molar-refractivity contribution in [2.24, 2.45) is 13.0 Å². The molecule has 0 aliphatic rings. The predicted octanol–water partition coefficient (Wildman–Crippen LogP) is 2.20. The number of aliphatic hydroxyl groups excluding tert-OH is 1. The van der Waals surface area contributed by atoms with Crippen LogP contribution in [0.15, 0.2) is 6.07 Å².